The molecular formula is C17H13N3O5. The summed E-state index contributed by atoms with van der Waals surface area (Å²) >= 11 is 0. The molecule has 3 aromatic rings. The number of rotatable bonds is 6. The van der Waals surface area contributed by atoms with Gasteiger partial charge in [0.05, 0.1) is 12.3 Å². The number of hydrazone groups is 1. The molecule has 1 heterocycles. The summed E-state index contributed by atoms with van der Waals surface area (Å²) in [6, 6.07) is 15.8. The molecule has 0 fully saturated rings. The van der Waals surface area contributed by atoms with Crippen LogP contribution < -0.4 is 10.2 Å². The maximum Gasteiger partial charge on any atom is 0.433 e. The van der Waals surface area contributed by atoms with Crippen molar-refractivity contribution in [2.75, 3.05) is 6.61 Å². The minimum absolute atomic E-state index is 0.155. The van der Waals surface area contributed by atoms with Crippen LogP contribution in [0.15, 0.2) is 64.1 Å². The Hall–Kier alpha value is -3.68. The van der Waals surface area contributed by atoms with Gasteiger partial charge in [0.1, 0.15) is 10.7 Å². The Kier molecular flexibility index (Phi) is 4.70. The van der Waals surface area contributed by atoms with Gasteiger partial charge in [-0.15, -0.1) is 0 Å². The minimum Gasteiger partial charge on any atom is -0.483 e. The molecule has 0 atom stereocenters. The smallest absolute Gasteiger partial charge is 0.433 e. The molecule has 1 aromatic heterocycles. The van der Waals surface area contributed by atoms with Gasteiger partial charge < -0.3 is 9.15 Å². The Morgan fingerprint density at radius 3 is 2.80 bits per heavy atom. The van der Waals surface area contributed by atoms with Crippen LogP contribution in [0.25, 0.3) is 10.8 Å². The summed E-state index contributed by atoms with van der Waals surface area (Å²) in [5.74, 6) is -0.113. The first-order valence-electron chi connectivity index (χ1n) is 7.30. The molecule has 3 rings (SSSR count). The maximum atomic E-state index is 11.8. The lowest BCUT2D eigenvalue weighted by atomic mass is 10.1. The van der Waals surface area contributed by atoms with Gasteiger partial charge in [-0.25, -0.2) is 5.43 Å². The van der Waals surface area contributed by atoms with E-state index < -0.39 is 16.7 Å². The number of nitrogens with zero attached hydrogens (tertiary/aromatic N) is 2. The third-order valence-electron chi connectivity index (χ3n) is 3.28. The molecule has 126 valence electrons. The molecule has 1 amide bonds. The summed E-state index contributed by atoms with van der Waals surface area (Å²) in [5.41, 5.74) is 2.26. The van der Waals surface area contributed by atoms with Crippen molar-refractivity contribution in [3.05, 3.63) is 70.5 Å². The average Bonchev–Trinajstić information content (AvgIpc) is 3.09. The third kappa shape index (κ3) is 3.99. The van der Waals surface area contributed by atoms with Crippen LogP contribution in [0.3, 0.4) is 0 Å². The first-order chi connectivity index (χ1) is 12.1. The predicted molar refractivity (Wildman–Crippen MR) is 90.5 cm³/mol. The lowest BCUT2D eigenvalue weighted by molar-refractivity contribution is -0.402. The molecule has 0 saturated carbocycles. The van der Waals surface area contributed by atoms with E-state index in [0.717, 1.165) is 10.8 Å². The normalized spacial score (nSPS) is 10.9. The van der Waals surface area contributed by atoms with Gasteiger partial charge in [-0.05, 0) is 17.5 Å². The largest absolute Gasteiger partial charge is 0.483 e. The van der Waals surface area contributed by atoms with Gasteiger partial charge in [-0.2, -0.15) is 5.10 Å². The molecular weight excluding hydrogens is 326 g/mol. The Morgan fingerprint density at radius 1 is 1.20 bits per heavy atom. The second-order valence-electron chi connectivity index (χ2n) is 4.99. The second-order valence-corrected chi connectivity index (χ2v) is 4.99. The number of benzene rings is 2. The van der Waals surface area contributed by atoms with Gasteiger partial charge >= 0.3 is 5.88 Å². The van der Waals surface area contributed by atoms with Crippen LogP contribution in [-0.2, 0) is 4.79 Å². The number of ether oxygens (including phenoxy) is 1. The van der Waals surface area contributed by atoms with Gasteiger partial charge in [0.15, 0.2) is 12.4 Å². The highest BCUT2D eigenvalue weighted by atomic mass is 16.6. The van der Waals surface area contributed by atoms with E-state index in [-0.39, 0.29) is 12.4 Å². The molecule has 0 aliphatic rings. The first kappa shape index (κ1) is 16.2. The number of nitro groups is 1. The molecule has 0 aliphatic carbocycles. The molecule has 8 nitrogen and oxygen atoms in total. The van der Waals surface area contributed by atoms with Gasteiger partial charge in [-0.1, -0.05) is 36.4 Å². The van der Waals surface area contributed by atoms with Crippen LogP contribution in [0.1, 0.15) is 5.76 Å². The summed E-state index contributed by atoms with van der Waals surface area (Å²) in [5, 5.41) is 16.1. The van der Waals surface area contributed by atoms with E-state index in [1.807, 2.05) is 36.4 Å². The van der Waals surface area contributed by atoms with Gasteiger partial charge in [0, 0.05) is 5.39 Å². The Morgan fingerprint density at radius 2 is 2.00 bits per heavy atom. The number of hydrogen-bond acceptors (Lipinski definition) is 6. The van der Waals surface area contributed by atoms with Crippen LogP contribution >= 0.6 is 0 Å². The highest BCUT2D eigenvalue weighted by molar-refractivity contribution is 5.88. The highest BCUT2D eigenvalue weighted by Crippen LogP contribution is 2.24. The van der Waals surface area contributed by atoms with Gasteiger partial charge in [-0.3, -0.25) is 14.9 Å². The monoisotopic (exact) mass is 339 g/mol. The van der Waals surface area contributed by atoms with Crippen molar-refractivity contribution in [3.63, 3.8) is 0 Å². The first-order valence-corrected chi connectivity index (χ1v) is 7.30. The fourth-order valence-electron chi connectivity index (χ4n) is 2.17. The number of carbonyl (C=O) groups excluding carboxylic acids is 1. The topological polar surface area (TPSA) is 107 Å². The lowest BCUT2D eigenvalue weighted by Crippen LogP contribution is -2.24. The highest BCUT2D eigenvalue weighted by Gasteiger charge is 2.10. The molecule has 0 radical (unpaired) electrons. The van der Waals surface area contributed by atoms with Crippen molar-refractivity contribution in [2.45, 2.75) is 0 Å². The van der Waals surface area contributed by atoms with Crippen molar-refractivity contribution in [1.29, 1.82) is 0 Å². The second kappa shape index (κ2) is 7.26. The zero-order valence-corrected chi connectivity index (χ0v) is 12.9. The quantitative estimate of drug-likeness (QED) is 0.422. The minimum atomic E-state index is -0.659. The fourth-order valence-corrected chi connectivity index (χ4v) is 2.17. The third-order valence-corrected chi connectivity index (χ3v) is 3.28. The average molecular weight is 339 g/mol. The van der Waals surface area contributed by atoms with E-state index >= 15 is 0 Å². The van der Waals surface area contributed by atoms with E-state index in [1.54, 1.807) is 6.07 Å². The predicted octanol–water partition coefficient (Wildman–Crippen LogP) is 2.87. The van der Waals surface area contributed by atoms with Crippen molar-refractivity contribution in [3.8, 4) is 5.75 Å². The van der Waals surface area contributed by atoms with Crippen molar-refractivity contribution >= 4 is 28.8 Å². The number of hydrogen-bond donors (Lipinski definition) is 1. The van der Waals surface area contributed by atoms with Crippen LogP contribution in [-0.4, -0.2) is 23.7 Å². The summed E-state index contributed by atoms with van der Waals surface area (Å²) in [6.07, 6.45) is 1.17. The lowest BCUT2D eigenvalue weighted by Gasteiger charge is -2.08. The van der Waals surface area contributed by atoms with E-state index in [1.165, 1.54) is 18.3 Å². The van der Waals surface area contributed by atoms with E-state index in [9.17, 15) is 14.9 Å². The van der Waals surface area contributed by atoms with Crippen LogP contribution in [0.4, 0.5) is 5.88 Å². The zero-order chi connectivity index (χ0) is 17.6. The van der Waals surface area contributed by atoms with E-state index in [0.29, 0.717) is 5.75 Å². The number of fused-ring (bicyclic) bond motifs is 1. The number of carbonyl (C=O) groups is 1. The van der Waals surface area contributed by atoms with Gasteiger partial charge in [0.25, 0.3) is 5.91 Å². The van der Waals surface area contributed by atoms with Crippen molar-refractivity contribution in [2.24, 2.45) is 5.10 Å². The van der Waals surface area contributed by atoms with Crippen LogP contribution in [0, 0.1) is 10.1 Å². The van der Waals surface area contributed by atoms with E-state index in [2.05, 4.69) is 10.5 Å². The van der Waals surface area contributed by atoms with Crippen molar-refractivity contribution < 1.29 is 18.9 Å². The summed E-state index contributed by atoms with van der Waals surface area (Å²) < 4.78 is 10.4. The molecule has 0 aliphatic heterocycles. The SMILES string of the molecule is O=C(COc1cccc2ccccc12)N/N=C\c1ccc([N+](=O)[O-])o1. The molecule has 0 saturated heterocycles. The molecule has 25 heavy (non-hydrogen) atoms. The Balaban J connectivity index is 1.55. The molecule has 2 aromatic carbocycles. The number of amides is 1. The Labute approximate surface area is 141 Å². The molecule has 1 N–H and O–H groups in total. The molecule has 0 unspecified atom stereocenters. The van der Waals surface area contributed by atoms with Crippen molar-refractivity contribution in [1.82, 2.24) is 5.43 Å². The Bertz CT molecular complexity index is 943. The fraction of sp³-hybridized carbons (Fsp3) is 0.0588. The summed E-state index contributed by atoms with van der Waals surface area (Å²) in [4.78, 5) is 21.6. The van der Waals surface area contributed by atoms with Crippen LogP contribution in [0.2, 0.25) is 0 Å². The van der Waals surface area contributed by atoms with Gasteiger partial charge in [0.2, 0.25) is 0 Å². The standard InChI is InChI=1S/C17H13N3O5/c21-16(19-18-10-13-8-9-17(25-13)20(22)23)11-24-15-7-3-5-12-4-1-2-6-14(12)15/h1-10H,11H2,(H,19,21)/b18-10-. The number of nitrogens with one attached hydrogen (secondary N) is 1. The van der Waals surface area contributed by atoms with Crippen LogP contribution in [0.5, 0.6) is 5.75 Å². The zero-order valence-electron chi connectivity index (χ0n) is 12.9. The molecule has 8 heteroatoms. The molecule has 0 spiro atoms. The molecule has 0 bridgehead atoms. The van der Waals surface area contributed by atoms with E-state index in [4.69, 9.17) is 9.15 Å². The summed E-state index contributed by atoms with van der Waals surface area (Å²) in [6.45, 7) is -0.219. The summed E-state index contributed by atoms with van der Waals surface area (Å²) in [7, 11) is 0. The number of furan rings is 1. The maximum absolute atomic E-state index is 11.8.